The maximum atomic E-state index is 12.5. The fraction of sp³-hybridized carbons (Fsp3) is 0.176. The van der Waals surface area contributed by atoms with E-state index in [-0.39, 0.29) is 22.5 Å². The fourth-order valence-electron chi connectivity index (χ4n) is 2.10. The van der Waals surface area contributed by atoms with Crippen LogP contribution in [0.15, 0.2) is 42.0 Å². The van der Waals surface area contributed by atoms with Gasteiger partial charge >= 0.3 is 0 Å². The lowest BCUT2D eigenvalue weighted by atomic mass is 10.2. The summed E-state index contributed by atoms with van der Waals surface area (Å²) in [5, 5.41) is 5.87. The van der Waals surface area contributed by atoms with Gasteiger partial charge in [-0.1, -0.05) is 37.6 Å². The first kappa shape index (κ1) is 16.5. The molecule has 3 aromatic rings. The van der Waals surface area contributed by atoms with E-state index in [1.165, 1.54) is 6.20 Å². The van der Waals surface area contributed by atoms with Crippen LogP contribution in [0.1, 0.15) is 36.1 Å². The van der Waals surface area contributed by atoms with Gasteiger partial charge in [0.1, 0.15) is 10.8 Å². The molecule has 0 bridgehead atoms. The van der Waals surface area contributed by atoms with Crippen LogP contribution < -0.4 is 5.32 Å². The third-order valence-electron chi connectivity index (χ3n) is 3.29. The molecule has 24 heavy (non-hydrogen) atoms. The Kier molecular flexibility index (Phi) is 4.87. The molecule has 0 fully saturated rings. The lowest BCUT2D eigenvalue weighted by Crippen LogP contribution is -2.16. The molecule has 122 valence electrons. The van der Waals surface area contributed by atoms with Gasteiger partial charge in [-0.3, -0.25) is 4.79 Å². The zero-order valence-corrected chi connectivity index (χ0v) is 14.7. The van der Waals surface area contributed by atoms with Gasteiger partial charge in [0.25, 0.3) is 5.91 Å². The molecule has 0 unspecified atom stereocenters. The van der Waals surface area contributed by atoms with E-state index in [0.717, 1.165) is 10.6 Å². The first-order valence-corrected chi connectivity index (χ1v) is 8.64. The van der Waals surface area contributed by atoms with E-state index in [9.17, 15) is 4.79 Å². The van der Waals surface area contributed by atoms with Gasteiger partial charge in [0.15, 0.2) is 5.69 Å². The molecule has 0 saturated heterocycles. The molecular formula is C17H15ClN4OS. The molecule has 7 heteroatoms. The summed E-state index contributed by atoms with van der Waals surface area (Å²) < 4.78 is 0. The molecular weight excluding hydrogens is 344 g/mol. The second kappa shape index (κ2) is 7.07. The highest BCUT2D eigenvalue weighted by atomic mass is 35.5. The van der Waals surface area contributed by atoms with Crippen molar-refractivity contribution in [2.45, 2.75) is 19.8 Å². The van der Waals surface area contributed by atoms with Gasteiger partial charge in [0.05, 0.1) is 11.2 Å². The summed E-state index contributed by atoms with van der Waals surface area (Å²) in [7, 11) is 0. The second-order valence-electron chi connectivity index (χ2n) is 5.45. The zero-order chi connectivity index (χ0) is 17.1. The standard InChI is InChI=1S/C17H15ClN4OS/c1-10(2)15-20-9-13(18)14(22-15)16(23)21-12-5-3-4-11(8-12)17-19-6-7-24-17/h3-10H,1-2H3,(H,21,23). The number of carbonyl (C=O) groups is 1. The maximum Gasteiger partial charge on any atom is 0.275 e. The molecule has 1 aromatic carbocycles. The molecule has 2 heterocycles. The Morgan fingerprint density at radius 3 is 2.83 bits per heavy atom. The third-order valence-corrected chi connectivity index (χ3v) is 4.39. The summed E-state index contributed by atoms with van der Waals surface area (Å²) in [6.45, 7) is 3.92. The van der Waals surface area contributed by atoms with E-state index < -0.39 is 0 Å². The van der Waals surface area contributed by atoms with Gasteiger partial charge in [0.2, 0.25) is 0 Å². The number of nitrogens with zero attached hydrogens (tertiary/aromatic N) is 3. The summed E-state index contributed by atoms with van der Waals surface area (Å²) in [5.41, 5.74) is 1.78. The van der Waals surface area contributed by atoms with Crippen LogP contribution in [-0.2, 0) is 0 Å². The van der Waals surface area contributed by atoms with Crippen LogP contribution in [0, 0.1) is 0 Å². The molecule has 0 spiro atoms. The molecule has 0 aliphatic carbocycles. The minimum atomic E-state index is -0.361. The smallest absolute Gasteiger partial charge is 0.275 e. The third kappa shape index (κ3) is 3.60. The SMILES string of the molecule is CC(C)c1ncc(Cl)c(C(=O)Nc2cccc(-c3nccs3)c2)n1. The normalized spacial score (nSPS) is 10.8. The van der Waals surface area contributed by atoms with Crippen LogP contribution >= 0.6 is 22.9 Å². The van der Waals surface area contributed by atoms with Crippen LogP contribution in [0.4, 0.5) is 5.69 Å². The Balaban J connectivity index is 1.85. The lowest BCUT2D eigenvalue weighted by molar-refractivity contribution is 0.102. The highest BCUT2D eigenvalue weighted by Crippen LogP contribution is 2.25. The predicted molar refractivity (Wildman–Crippen MR) is 96.6 cm³/mol. The molecule has 0 saturated carbocycles. The van der Waals surface area contributed by atoms with Crippen LogP contribution in [0.5, 0.6) is 0 Å². The number of aromatic nitrogens is 3. The number of hydrogen-bond acceptors (Lipinski definition) is 5. The molecule has 0 atom stereocenters. The van der Waals surface area contributed by atoms with Gasteiger partial charge < -0.3 is 5.32 Å². The summed E-state index contributed by atoms with van der Waals surface area (Å²) in [6.07, 6.45) is 3.21. The summed E-state index contributed by atoms with van der Waals surface area (Å²) in [5.74, 6) is 0.337. The number of rotatable bonds is 4. The average molecular weight is 359 g/mol. The Morgan fingerprint density at radius 1 is 1.29 bits per heavy atom. The van der Waals surface area contributed by atoms with Crippen LogP contribution in [0.3, 0.4) is 0 Å². The quantitative estimate of drug-likeness (QED) is 0.738. The van der Waals surface area contributed by atoms with Crippen molar-refractivity contribution in [1.29, 1.82) is 0 Å². The molecule has 0 radical (unpaired) electrons. The van der Waals surface area contributed by atoms with Gasteiger partial charge in [-0.25, -0.2) is 15.0 Å². The Labute approximate surface area is 148 Å². The van der Waals surface area contributed by atoms with Gasteiger partial charge in [-0.2, -0.15) is 0 Å². The number of halogens is 1. The van der Waals surface area contributed by atoms with Crippen molar-refractivity contribution in [2.75, 3.05) is 5.32 Å². The number of anilines is 1. The van der Waals surface area contributed by atoms with Gasteiger partial charge in [-0.05, 0) is 12.1 Å². The molecule has 5 nitrogen and oxygen atoms in total. The second-order valence-corrected chi connectivity index (χ2v) is 6.75. The Hall–Kier alpha value is -2.31. The monoisotopic (exact) mass is 358 g/mol. The van der Waals surface area contributed by atoms with Crippen molar-refractivity contribution in [1.82, 2.24) is 15.0 Å². The molecule has 0 aliphatic heterocycles. The molecule has 0 aliphatic rings. The van der Waals surface area contributed by atoms with Crippen molar-refractivity contribution < 1.29 is 4.79 Å². The molecule has 3 rings (SSSR count). The molecule has 1 amide bonds. The van der Waals surface area contributed by atoms with Crippen molar-refractivity contribution in [3.05, 3.63) is 58.6 Å². The molecule has 1 N–H and O–H groups in total. The van der Waals surface area contributed by atoms with E-state index in [1.807, 2.05) is 43.5 Å². The van der Waals surface area contributed by atoms with E-state index in [0.29, 0.717) is 11.5 Å². The van der Waals surface area contributed by atoms with Crippen LogP contribution in [-0.4, -0.2) is 20.9 Å². The predicted octanol–water partition coefficient (Wildman–Crippen LogP) is 4.63. The van der Waals surface area contributed by atoms with Crippen LogP contribution in [0.2, 0.25) is 5.02 Å². The lowest BCUT2D eigenvalue weighted by Gasteiger charge is -2.09. The Bertz CT molecular complexity index is 865. The number of hydrogen-bond donors (Lipinski definition) is 1. The van der Waals surface area contributed by atoms with Crippen molar-refractivity contribution in [3.8, 4) is 10.6 Å². The number of thiazole rings is 1. The summed E-state index contributed by atoms with van der Waals surface area (Å²) in [6, 6.07) is 7.50. The van der Waals surface area contributed by atoms with E-state index in [4.69, 9.17) is 11.6 Å². The first-order valence-electron chi connectivity index (χ1n) is 7.38. The van der Waals surface area contributed by atoms with E-state index >= 15 is 0 Å². The fourth-order valence-corrected chi connectivity index (χ4v) is 2.92. The highest BCUT2D eigenvalue weighted by molar-refractivity contribution is 7.13. The Morgan fingerprint density at radius 2 is 2.12 bits per heavy atom. The summed E-state index contributed by atoms with van der Waals surface area (Å²) >= 11 is 7.62. The van der Waals surface area contributed by atoms with Crippen molar-refractivity contribution in [3.63, 3.8) is 0 Å². The number of carbonyl (C=O) groups excluding carboxylic acids is 1. The van der Waals surface area contributed by atoms with E-state index in [2.05, 4.69) is 20.3 Å². The highest BCUT2D eigenvalue weighted by Gasteiger charge is 2.16. The number of amides is 1. The van der Waals surface area contributed by atoms with Crippen molar-refractivity contribution in [2.24, 2.45) is 0 Å². The largest absolute Gasteiger partial charge is 0.321 e. The number of benzene rings is 1. The van der Waals surface area contributed by atoms with Gasteiger partial charge in [0, 0.05) is 28.7 Å². The van der Waals surface area contributed by atoms with Gasteiger partial charge in [-0.15, -0.1) is 11.3 Å². The topological polar surface area (TPSA) is 67.8 Å². The average Bonchev–Trinajstić information content (AvgIpc) is 3.09. The van der Waals surface area contributed by atoms with Crippen LogP contribution in [0.25, 0.3) is 10.6 Å². The zero-order valence-electron chi connectivity index (χ0n) is 13.2. The first-order chi connectivity index (χ1) is 11.5. The minimum absolute atomic E-state index is 0.113. The summed E-state index contributed by atoms with van der Waals surface area (Å²) in [4.78, 5) is 25.2. The van der Waals surface area contributed by atoms with E-state index in [1.54, 1.807) is 17.5 Å². The number of nitrogens with one attached hydrogen (secondary N) is 1. The maximum absolute atomic E-state index is 12.5. The minimum Gasteiger partial charge on any atom is -0.321 e. The molecule has 2 aromatic heterocycles. The van der Waals surface area contributed by atoms with Crippen molar-refractivity contribution >= 4 is 34.5 Å².